The van der Waals surface area contributed by atoms with Gasteiger partial charge in [-0.3, -0.25) is 4.79 Å². The van der Waals surface area contributed by atoms with E-state index >= 15 is 0 Å². The Bertz CT molecular complexity index is 620. The van der Waals surface area contributed by atoms with E-state index in [4.69, 9.17) is 16.3 Å². The monoisotopic (exact) mass is 285 g/mol. The Morgan fingerprint density at radius 3 is 2.83 bits per heavy atom. The summed E-state index contributed by atoms with van der Waals surface area (Å²) in [6, 6.07) is 6.85. The van der Waals surface area contributed by atoms with E-state index in [1.165, 1.54) is 18.9 Å². The maximum Gasteiger partial charge on any atom is 0.248 e. The second-order valence-corrected chi connectivity index (χ2v) is 4.85. The Balaban J connectivity index is 0.00000120. The van der Waals surface area contributed by atoms with Gasteiger partial charge in [-0.1, -0.05) is 11.6 Å². The zero-order valence-corrected chi connectivity index (χ0v) is 11.2. The number of hydrogen-bond donors (Lipinski definition) is 1. The van der Waals surface area contributed by atoms with Gasteiger partial charge in [0, 0.05) is 12.1 Å². The summed E-state index contributed by atoms with van der Waals surface area (Å²) in [4.78, 5) is 14.0. The van der Waals surface area contributed by atoms with E-state index in [9.17, 15) is 4.79 Å². The molecule has 18 heavy (non-hydrogen) atoms. The zero-order valence-electron chi connectivity index (χ0n) is 9.61. The molecule has 1 fully saturated rings. The van der Waals surface area contributed by atoms with Crippen LogP contribution in [0, 0.1) is 5.92 Å². The van der Waals surface area contributed by atoms with Crippen molar-refractivity contribution in [3.8, 4) is 5.75 Å². The lowest BCUT2D eigenvalue weighted by atomic mass is 10.2. The molecule has 2 aromatic rings. The lowest BCUT2D eigenvalue weighted by Gasteiger charge is -2.08. The number of ether oxygens (including phenoxy) is 1. The van der Waals surface area contributed by atoms with E-state index in [1.54, 1.807) is 12.1 Å². The molecule has 0 amide bonds. The highest BCUT2D eigenvalue weighted by atomic mass is 35.5. The number of pyridine rings is 1. The molecule has 3 nitrogen and oxygen atoms in total. The molecule has 0 saturated heterocycles. The van der Waals surface area contributed by atoms with Crippen molar-refractivity contribution in [2.75, 3.05) is 6.61 Å². The Morgan fingerprint density at radius 1 is 1.33 bits per heavy atom. The molecule has 1 saturated carbocycles. The first-order valence-corrected chi connectivity index (χ1v) is 6.05. The summed E-state index contributed by atoms with van der Waals surface area (Å²) in [6.07, 6.45) is 2.48. The minimum Gasteiger partial charge on any atom is -0.492 e. The molecule has 1 aromatic carbocycles. The first-order chi connectivity index (χ1) is 8.22. The fraction of sp³-hybridized carbons (Fsp3) is 0.308. The van der Waals surface area contributed by atoms with Crippen molar-refractivity contribution in [2.24, 2.45) is 5.92 Å². The van der Waals surface area contributed by atoms with Crippen LogP contribution < -0.4 is 10.3 Å². The maximum absolute atomic E-state index is 11.2. The van der Waals surface area contributed by atoms with Gasteiger partial charge in [-0.05, 0) is 36.3 Å². The van der Waals surface area contributed by atoms with Crippen LogP contribution >= 0.6 is 24.0 Å². The molecule has 0 bridgehead atoms. The normalized spacial score (nSPS) is 14.3. The van der Waals surface area contributed by atoms with Crippen molar-refractivity contribution >= 4 is 34.9 Å². The zero-order chi connectivity index (χ0) is 11.8. The van der Waals surface area contributed by atoms with E-state index < -0.39 is 0 Å². The quantitative estimate of drug-likeness (QED) is 0.939. The number of halogens is 2. The van der Waals surface area contributed by atoms with Gasteiger partial charge in [-0.15, -0.1) is 12.4 Å². The first-order valence-electron chi connectivity index (χ1n) is 5.68. The molecule has 96 valence electrons. The average Bonchev–Trinajstić information content (AvgIpc) is 3.11. The molecule has 3 rings (SSSR count). The van der Waals surface area contributed by atoms with Crippen LogP contribution in [0.5, 0.6) is 5.75 Å². The molecule has 5 heteroatoms. The van der Waals surface area contributed by atoms with Gasteiger partial charge < -0.3 is 9.72 Å². The summed E-state index contributed by atoms with van der Waals surface area (Å²) in [5, 5.41) is 1.50. The summed E-state index contributed by atoms with van der Waals surface area (Å²) >= 11 is 6.13. The molecule has 0 unspecified atom stereocenters. The highest BCUT2D eigenvalue weighted by Crippen LogP contribution is 2.33. The number of rotatable bonds is 3. The summed E-state index contributed by atoms with van der Waals surface area (Å²) in [6.45, 7) is 0.711. The summed E-state index contributed by atoms with van der Waals surface area (Å²) in [5.41, 5.74) is 0.640. The number of fused-ring (bicyclic) bond motifs is 1. The Hall–Kier alpha value is -1.19. The lowest BCUT2D eigenvalue weighted by Crippen LogP contribution is -2.03. The molecular weight excluding hydrogens is 273 g/mol. The van der Waals surface area contributed by atoms with Crippen LogP contribution in [0.15, 0.2) is 29.1 Å². The van der Waals surface area contributed by atoms with Gasteiger partial charge in [0.25, 0.3) is 0 Å². The topological polar surface area (TPSA) is 42.1 Å². The van der Waals surface area contributed by atoms with Crippen LogP contribution in [-0.2, 0) is 0 Å². The summed E-state index contributed by atoms with van der Waals surface area (Å²) < 4.78 is 5.65. The van der Waals surface area contributed by atoms with E-state index in [2.05, 4.69) is 4.98 Å². The second-order valence-electron chi connectivity index (χ2n) is 4.45. The third-order valence-corrected chi connectivity index (χ3v) is 3.24. The van der Waals surface area contributed by atoms with Crippen LogP contribution in [0.3, 0.4) is 0 Å². The van der Waals surface area contributed by atoms with Gasteiger partial charge in [0.15, 0.2) is 0 Å². The van der Waals surface area contributed by atoms with Crippen molar-refractivity contribution in [3.63, 3.8) is 0 Å². The first kappa shape index (κ1) is 13.2. The maximum atomic E-state index is 11.2. The molecule has 0 aliphatic heterocycles. The Labute approximate surface area is 116 Å². The van der Waals surface area contributed by atoms with Crippen LogP contribution in [0.1, 0.15) is 12.8 Å². The summed E-state index contributed by atoms with van der Waals surface area (Å²) in [5.74, 6) is 1.32. The molecule has 0 atom stereocenters. The number of nitrogens with one attached hydrogen (secondary N) is 1. The smallest absolute Gasteiger partial charge is 0.248 e. The van der Waals surface area contributed by atoms with Crippen molar-refractivity contribution in [3.05, 3.63) is 39.6 Å². The number of benzene rings is 1. The summed E-state index contributed by atoms with van der Waals surface area (Å²) in [7, 11) is 0. The highest BCUT2D eigenvalue weighted by Gasteiger charge is 2.22. The molecule has 0 spiro atoms. The fourth-order valence-corrected chi connectivity index (χ4v) is 1.98. The predicted octanol–water partition coefficient (Wildman–Crippen LogP) is 3.39. The van der Waals surface area contributed by atoms with Gasteiger partial charge >= 0.3 is 0 Å². The predicted molar refractivity (Wildman–Crippen MR) is 75.0 cm³/mol. The average molecular weight is 286 g/mol. The van der Waals surface area contributed by atoms with E-state index in [-0.39, 0.29) is 18.0 Å². The molecule has 1 N–H and O–H groups in total. The second kappa shape index (κ2) is 5.21. The molecule has 1 aliphatic carbocycles. The highest BCUT2D eigenvalue weighted by molar-refractivity contribution is 6.32. The number of hydrogen-bond acceptors (Lipinski definition) is 2. The van der Waals surface area contributed by atoms with Gasteiger partial charge in [-0.2, -0.15) is 0 Å². The van der Waals surface area contributed by atoms with Crippen LogP contribution in [0.25, 0.3) is 10.9 Å². The molecule has 1 aliphatic rings. The van der Waals surface area contributed by atoms with E-state index in [1.807, 2.05) is 6.07 Å². The molecule has 0 radical (unpaired) electrons. The molecule has 1 heterocycles. The number of H-pyrrole nitrogens is 1. The SMILES string of the molecule is Cl.O=c1ccc2cc(Cl)c(OCC3CC3)cc2[nH]1. The minimum atomic E-state index is -0.118. The number of aromatic nitrogens is 1. The van der Waals surface area contributed by atoms with Crippen molar-refractivity contribution in [1.29, 1.82) is 0 Å². The van der Waals surface area contributed by atoms with Crippen LogP contribution in [-0.4, -0.2) is 11.6 Å². The van der Waals surface area contributed by atoms with Gasteiger partial charge in [0.2, 0.25) is 5.56 Å². The van der Waals surface area contributed by atoms with E-state index in [0.29, 0.717) is 23.3 Å². The van der Waals surface area contributed by atoms with Crippen molar-refractivity contribution < 1.29 is 4.74 Å². The fourth-order valence-electron chi connectivity index (χ4n) is 1.76. The lowest BCUT2D eigenvalue weighted by molar-refractivity contribution is 0.300. The third kappa shape index (κ3) is 2.79. The van der Waals surface area contributed by atoms with Crippen molar-refractivity contribution in [2.45, 2.75) is 12.8 Å². The Kier molecular flexibility index (Phi) is 3.83. The van der Waals surface area contributed by atoms with E-state index in [0.717, 1.165) is 10.9 Å². The third-order valence-electron chi connectivity index (χ3n) is 2.95. The van der Waals surface area contributed by atoms with Gasteiger partial charge in [0.05, 0.1) is 17.1 Å². The van der Waals surface area contributed by atoms with Crippen molar-refractivity contribution in [1.82, 2.24) is 4.98 Å². The van der Waals surface area contributed by atoms with Gasteiger partial charge in [0.1, 0.15) is 5.75 Å². The largest absolute Gasteiger partial charge is 0.492 e. The van der Waals surface area contributed by atoms with Crippen LogP contribution in [0.4, 0.5) is 0 Å². The number of aromatic amines is 1. The van der Waals surface area contributed by atoms with Crippen LogP contribution in [0.2, 0.25) is 5.02 Å². The Morgan fingerprint density at radius 2 is 2.11 bits per heavy atom. The molecule has 1 aromatic heterocycles. The van der Waals surface area contributed by atoms with Gasteiger partial charge in [-0.25, -0.2) is 0 Å². The standard InChI is InChI=1S/C13H12ClNO2.ClH/c14-10-5-9-3-4-13(16)15-11(9)6-12(10)17-7-8-1-2-8;/h3-6,8H,1-2,7H2,(H,15,16);1H. The minimum absolute atomic E-state index is 0. The molecular formula is C13H13Cl2NO2.